The zero-order chi connectivity index (χ0) is 21.5. The van der Waals surface area contributed by atoms with Crippen LogP contribution in [-0.2, 0) is 24.2 Å². The van der Waals surface area contributed by atoms with Crippen LogP contribution in [0, 0.1) is 0 Å². The van der Waals surface area contributed by atoms with Crippen LogP contribution in [0.4, 0.5) is 4.79 Å². The maximum atomic E-state index is 12.2. The van der Waals surface area contributed by atoms with E-state index in [-0.39, 0.29) is 18.7 Å². The molecule has 1 unspecified atom stereocenters. The van der Waals surface area contributed by atoms with Crippen LogP contribution >= 0.6 is 22.9 Å². The van der Waals surface area contributed by atoms with Gasteiger partial charge in [-0.1, -0.05) is 30.3 Å². The second-order valence-electron chi connectivity index (χ2n) is 7.45. The number of rotatable bonds is 8. The fourth-order valence-electron chi connectivity index (χ4n) is 3.50. The van der Waals surface area contributed by atoms with Crippen molar-refractivity contribution in [2.45, 2.75) is 38.3 Å². The van der Waals surface area contributed by atoms with Gasteiger partial charge in [-0.25, -0.2) is 9.78 Å². The van der Waals surface area contributed by atoms with Gasteiger partial charge in [0.2, 0.25) is 0 Å². The molecule has 1 N–H and O–H groups in total. The molecular weight excluding hydrogens is 432 g/mol. The smallest absolute Gasteiger partial charge is 0.407 e. The van der Waals surface area contributed by atoms with Crippen molar-refractivity contribution < 1.29 is 14.3 Å². The molecule has 0 radical (unpaired) electrons. The highest BCUT2D eigenvalue weighted by atomic mass is 35.5. The van der Waals surface area contributed by atoms with Crippen molar-refractivity contribution in [1.29, 1.82) is 0 Å². The van der Waals surface area contributed by atoms with Crippen molar-refractivity contribution in [3.8, 4) is 16.3 Å². The normalized spacial score (nSPS) is 15.2. The predicted octanol–water partition coefficient (Wildman–Crippen LogP) is 5.60. The number of ether oxygens (including phenoxy) is 2. The SMILES string of the molecule is O=C(NC1CCc2sc(-c3ccc(OCCCCl)cc3)nc2C1)OCc1ccccc1. The van der Waals surface area contributed by atoms with Gasteiger partial charge >= 0.3 is 6.09 Å². The lowest BCUT2D eigenvalue weighted by Crippen LogP contribution is -2.39. The van der Waals surface area contributed by atoms with Crippen LogP contribution in [0.3, 0.4) is 0 Å². The van der Waals surface area contributed by atoms with E-state index in [0.29, 0.717) is 12.5 Å². The standard InChI is InChI=1S/C24H25ClN2O3S/c25-13-4-14-29-20-10-7-18(8-11-20)23-27-21-15-19(9-12-22(21)31-23)26-24(28)30-16-17-5-2-1-3-6-17/h1-3,5-8,10-11,19H,4,9,12-16H2,(H,26,28). The van der Waals surface area contributed by atoms with E-state index >= 15 is 0 Å². The number of nitrogens with one attached hydrogen (secondary N) is 1. The minimum atomic E-state index is -0.377. The highest BCUT2D eigenvalue weighted by Gasteiger charge is 2.24. The Hall–Kier alpha value is -2.57. The first-order chi connectivity index (χ1) is 15.2. The van der Waals surface area contributed by atoms with Crippen LogP contribution in [0.1, 0.15) is 29.0 Å². The summed E-state index contributed by atoms with van der Waals surface area (Å²) < 4.78 is 11.0. The summed E-state index contributed by atoms with van der Waals surface area (Å²) in [6, 6.07) is 17.7. The largest absolute Gasteiger partial charge is 0.494 e. The number of amides is 1. The molecule has 0 saturated heterocycles. The average molecular weight is 457 g/mol. The van der Waals surface area contributed by atoms with Gasteiger partial charge in [0.05, 0.1) is 12.3 Å². The monoisotopic (exact) mass is 456 g/mol. The van der Waals surface area contributed by atoms with Gasteiger partial charge in [-0.05, 0) is 49.1 Å². The van der Waals surface area contributed by atoms with E-state index in [1.54, 1.807) is 11.3 Å². The lowest BCUT2D eigenvalue weighted by Gasteiger charge is -2.22. The van der Waals surface area contributed by atoms with Gasteiger partial charge in [-0.3, -0.25) is 0 Å². The lowest BCUT2D eigenvalue weighted by atomic mass is 9.98. The van der Waals surface area contributed by atoms with Gasteiger partial charge in [0.1, 0.15) is 17.4 Å². The second-order valence-corrected chi connectivity index (χ2v) is 8.91. The molecule has 0 saturated carbocycles. The minimum absolute atomic E-state index is 0.0448. The minimum Gasteiger partial charge on any atom is -0.494 e. The van der Waals surface area contributed by atoms with E-state index in [0.717, 1.165) is 53.3 Å². The summed E-state index contributed by atoms with van der Waals surface area (Å²) in [5, 5.41) is 3.99. The van der Waals surface area contributed by atoms with Crippen molar-refractivity contribution in [2.75, 3.05) is 12.5 Å². The quantitative estimate of drug-likeness (QED) is 0.354. The van der Waals surface area contributed by atoms with Crippen molar-refractivity contribution >= 4 is 29.0 Å². The number of fused-ring (bicyclic) bond motifs is 1. The van der Waals surface area contributed by atoms with E-state index in [1.165, 1.54) is 4.88 Å². The molecule has 1 aliphatic rings. The molecule has 1 aromatic heterocycles. The number of aromatic nitrogens is 1. The molecule has 1 heterocycles. The molecule has 0 fully saturated rings. The second kappa shape index (κ2) is 10.6. The summed E-state index contributed by atoms with van der Waals surface area (Å²) in [6.07, 6.45) is 2.99. The molecule has 3 aromatic rings. The average Bonchev–Trinajstić information content (AvgIpc) is 3.22. The Morgan fingerprint density at radius 3 is 2.74 bits per heavy atom. The van der Waals surface area contributed by atoms with Gasteiger partial charge in [0.25, 0.3) is 0 Å². The highest BCUT2D eigenvalue weighted by Crippen LogP contribution is 2.33. The molecule has 162 valence electrons. The molecule has 5 nitrogen and oxygen atoms in total. The molecule has 0 aliphatic heterocycles. The first kappa shape index (κ1) is 21.7. The fraction of sp³-hybridized carbons (Fsp3) is 0.333. The Kier molecular flexibility index (Phi) is 7.43. The van der Waals surface area contributed by atoms with Gasteiger partial charge in [-0.15, -0.1) is 22.9 Å². The maximum absolute atomic E-state index is 12.2. The third-order valence-electron chi connectivity index (χ3n) is 5.12. The Labute approximate surface area is 191 Å². The molecule has 31 heavy (non-hydrogen) atoms. The number of nitrogens with zero attached hydrogens (tertiary/aromatic N) is 1. The predicted molar refractivity (Wildman–Crippen MR) is 124 cm³/mol. The number of alkyl halides is 1. The van der Waals surface area contributed by atoms with Crippen LogP contribution < -0.4 is 10.1 Å². The number of carbonyl (C=O) groups is 1. The summed E-state index contributed by atoms with van der Waals surface area (Å²) in [4.78, 5) is 18.3. The summed E-state index contributed by atoms with van der Waals surface area (Å²) in [7, 11) is 0. The number of benzene rings is 2. The van der Waals surface area contributed by atoms with Crippen LogP contribution in [0.2, 0.25) is 0 Å². The number of halogens is 1. The molecule has 0 bridgehead atoms. The number of hydrogen-bond donors (Lipinski definition) is 1. The summed E-state index contributed by atoms with van der Waals surface area (Å²) in [5.74, 6) is 1.44. The Morgan fingerprint density at radius 1 is 1.16 bits per heavy atom. The first-order valence-corrected chi connectivity index (χ1v) is 11.8. The van der Waals surface area contributed by atoms with E-state index in [4.69, 9.17) is 26.1 Å². The topological polar surface area (TPSA) is 60.5 Å². The first-order valence-electron chi connectivity index (χ1n) is 10.5. The third kappa shape index (κ3) is 5.99. The number of thiazole rings is 1. The van der Waals surface area contributed by atoms with Crippen LogP contribution in [0.15, 0.2) is 54.6 Å². The number of carbonyl (C=O) groups excluding carboxylic acids is 1. The molecule has 2 aromatic carbocycles. The number of aryl methyl sites for hydroxylation is 1. The number of alkyl carbamates (subject to hydrolysis) is 1. The van der Waals surface area contributed by atoms with Crippen molar-refractivity contribution in [1.82, 2.24) is 10.3 Å². The molecular formula is C24H25ClN2O3S. The molecule has 1 atom stereocenters. The Morgan fingerprint density at radius 2 is 1.97 bits per heavy atom. The van der Waals surface area contributed by atoms with E-state index in [2.05, 4.69) is 5.32 Å². The zero-order valence-corrected chi connectivity index (χ0v) is 18.8. The van der Waals surface area contributed by atoms with Crippen LogP contribution in [0.25, 0.3) is 10.6 Å². The highest BCUT2D eigenvalue weighted by molar-refractivity contribution is 7.15. The van der Waals surface area contributed by atoms with Gasteiger partial charge < -0.3 is 14.8 Å². The molecule has 0 spiro atoms. The van der Waals surface area contributed by atoms with E-state index < -0.39 is 0 Å². The van der Waals surface area contributed by atoms with Gasteiger partial charge in [0.15, 0.2) is 0 Å². The van der Waals surface area contributed by atoms with Gasteiger partial charge in [0, 0.05) is 28.8 Å². The van der Waals surface area contributed by atoms with Gasteiger partial charge in [-0.2, -0.15) is 0 Å². The molecule has 7 heteroatoms. The molecule has 1 aliphatic carbocycles. The van der Waals surface area contributed by atoms with Crippen molar-refractivity contribution in [2.24, 2.45) is 0 Å². The van der Waals surface area contributed by atoms with Crippen LogP contribution in [-0.4, -0.2) is 29.6 Å². The Bertz CT molecular complexity index is 992. The third-order valence-corrected chi connectivity index (χ3v) is 6.59. The summed E-state index contributed by atoms with van der Waals surface area (Å²) in [5.41, 5.74) is 3.13. The van der Waals surface area contributed by atoms with Crippen molar-refractivity contribution in [3.63, 3.8) is 0 Å². The molecule has 4 rings (SSSR count). The van der Waals surface area contributed by atoms with E-state index in [9.17, 15) is 4.79 Å². The summed E-state index contributed by atoms with van der Waals surface area (Å²) >= 11 is 7.42. The maximum Gasteiger partial charge on any atom is 0.407 e. The van der Waals surface area contributed by atoms with E-state index in [1.807, 2.05) is 54.6 Å². The Balaban J connectivity index is 1.31. The summed E-state index contributed by atoms with van der Waals surface area (Å²) in [6.45, 7) is 0.896. The number of hydrogen-bond acceptors (Lipinski definition) is 5. The zero-order valence-electron chi connectivity index (χ0n) is 17.2. The van der Waals surface area contributed by atoms with Crippen molar-refractivity contribution in [3.05, 3.63) is 70.7 Å². The fourth-order valence-corrected chi connectivity index (χ4v) is 4.71. The lowest BCUT2D eigenvalue weighted by molar-refractivity contribution is 0.134. The molecule has 1 amide bonds. The van der Waals surface area contributed by atoms with Crippen LogP contribution in [0.5, 0.6) is 5.75 Å².